The van der Waals surface area contributed by atoms with Crippen molar-refractivity contribution in [3.05, 3.63) is 41.5 Å². The molecule has 0 amide bonds. The van der Waals surface area contributed by atoms with Gasteiger partial charge in [0.15, 0.2) is 0 Å². The van der Waals surface area contributed by atoms with E-state index in [2.05, 4.69) is 32.4 Å². The van der Waals surface area contributed by atoms with E-state index in [0.717, 1.165) is 11.1 Å². The summed E-state index contributed by atoms with van der Waals surface area (Å²) in [6.45, 7) is 8.03. The zero-order chi connectivity index (χ0) is 9.84. The maximum Gasteiger partial charge on any atom is 0.0349 e. The SMILES string of the molecule is C#Cc1c(C=C)cccc1C(C)C. The second kappa shape index (κ2) is 3.96. The Balaban J connectivity index is 3.37. The van der Waals surface area contributed by atoms with Crippen LogP contribution in [-0.4, -0.2) is 0 Å². The highest BCUT2D eigenvalue weighted by atomic mass is 14.1. The highest BCUT2D eigenvalue weighted by molar-refractivity contribution is 5.60. The summed E-state index contributed by atoms with van der Waals surface area (Å²) in [5.74, 6) is 3.19. The Labute approximate surface area is 80.3 Å². The molecular weight excluding hydrogens is 156 g/mol. The van der Waals surface area contributed by atoms with Crippen molar-refractivity contribution in [2.45, 2.75) is 19.8 Å². The molecule has 1 aromatic rings. The van der Waals surface area contributed by atoms with Crippen LogP contribution in [0.5, 0.6) is 0 Å². The molecule has 0 spiro atoms. The van der Waals surface area contributed by atoms with Crippen LogP contribution in [0.1, 0.15) is 36.5 Å². The van der Waals surface area contributed by atoms with Crippen molar-refractivity contribution in [3.63, 3.8) is 0 Å². The highest BCUT2D eigenvalue weighted by Crippen LogP contribution is 2.22. The summed E-state index contributed by atoms with van der Waals surface area (Å²) in [5, 5.41) is 0. The van der Waals surface area contributed by atoms with Gasteiger partial charge in [0, 0.05) is 5.56 Å². The van der Waals surface area contributed by atoms with Gasteiger partial charge in [0.1, 0.15) is 0 Å². The Morgan fingerprint density at radius 1 is 1.46 bits per heavy atom. The molecule has 0 N–H and O–H groups in total. The summed E-state index contributed by atoms with van der Waals surface area (Å²) in [5.41, 5.74) is 3.25. The van der Waals surface area contributed by atoms with E-state index in [0.29, 0.717) is 5.92 Å². The standard InChI is InChI=1S/C13H14/c1-5-11-8-7-9-13(10(3)4)12(11)6-2/h2,5,7-10H,1H2,3-4H3. The maximum atomic E-state index is 5.47. The van der Waals surface area contributed by atoms with Crippen molar-refractivity contribution >= 4 is 6.08 Å². The van der Waals surface area contributed by atoms with Crippen LogP contribution in [0, 0.1) is 12.3 Å². The molecule has 1 aromatic carbocycles. The third kappa shape index (κ3) is 1.81. The molecule has 0 bridgehead atoms. The minimum Gasteiger partial charge on any atom is -0.115 e. The average Bonchev–Trinajstić information content (AvgIpc) is 2.16. The lowest BCUT2D eigenvalue weighted by molar-refractivity contribution is 0.863. The Morgan fingerprint density at radius 2 is 2.15 bits per heavy atom. The molecule has 1 rings (SSSR count). The lowest BCUT2D eigenvalue weighted by Crippen LogP contribution is -1.94. The zero-order valence-electron chi connectivity index (χ0n) is 8.17. The molecule has 0 saturated carbocycles. The van der Waals surface area contributed by atoms with Crippen LogP contribution in [0.15, 0.2) is 24.8 Å². The molecule has 0 heteroatoms. The van der Waals surface area contributed by atoms with Crippen molar-refractivity contribution in [2.75, 3.05) is 0 Å². The van der Waals surface area contributed by atoms with Gasteiger partial charge >= 0.3 is 0 Å². The van der Waals surface area contributed by atoms with E-state index < -0.39 is 0 Å². The number of hydrogen-bond acceptors (Lipinski definition) is 0. The Morgan fingerprint density at radius 3 is 2.62 bits per heavy atom. The average molecular weight is 170 g/mol. The first-order valence-electron chi connectivity index (χ1n) is 4.42. The summed E-state index contributed by atoms with van der Waals surface area (Å²) < 4.78 is 0. The van der Waals surface area contributed by atoms with Crippen LogP contribution in [0.4, 0.5) is 0 Å². The first kappa shape index (κ1) is 9.61. The number of hydrogen-bond donors (Lipinski definition) is 0. The normalized spacial score (nSPS) is 9.69. The molecule has 0 radical (unpaired) electrons. The first-order valence-corrected chi connectivity index (χ1v) is 4.42. The van der Waals surface area contributed by atoms with E-state index in [1.165, 1.54) is 5.56 Å². The van der Waals surface area contributed by atoms with Gasteiger partial charge in [0.25, 0.3) is 0 Å². The van der Waals surface area contributed by atoms with E-state index in [1.807, 2.05) is 12.1 Å². The van der Waals surface area contributed by atoms with Crippen molar-refractivity contribution in [1.29, 1.82) is 0 Å². The van der Waals surface area contributed by atoms with Gasteiger partial charge < -0.3 is 0 Å². The minimum absolute atomic E-state index is 0.464. The lowest BCUT2D eigenvalue weighted by atomic mass is 9.94. The molecule has 0 aliphatic carbocycles. The van der Waals surface area contributed by atoms with Crippen LogP contribution in [0.3, 0.4) is 0 Å². The van der Waals surface area contributed by atoms with E-state index in [9.17, 15) is 0 Å². The Bertz CT molecular complexity index is 351. The fourth-order valence-electron chi connectivity index (χ4n) is 1.41. The van der Waals surface area contributed by atoms with Gasteiger partial charge in [0.05, 0.1) is 0 Å². The van der Waals surface area contributed by atoms with Crippen molar-refractivity contribution in [2.24, 2.45) is 0 Å². The molecule has 0 nitrogen and oxygen atoms in total. The fraction of sp³-hybridized carbons (Fsp3) is 0.231. The zero-order valence-corrected chi connectivity index (χ0v) is 8.17. The van der Waals surface area contributed by atoms with Crippen molar-refractivity contribution in [1.82, 2.24) is 0 Å². The molecular formula is C13H14. The third-order valence-corrected chi connectivity index (χ3v) is 2.12. The number of terminal acetylenes is 1. The maximum absolute atomic E-state index is 5.47. The van der Waals surface area contributed by atoms with Gasteiger partial charge in [-0.3, -0.25) is 0 Å². The molecule has 0 fully saturated rings. The monoisotopic (exact) mass is 170 g/mol. The van der Waals surface area contributed by atoms with E-state index in [4.69, 9.17) is 6.42 Å². The Hall–Kier alpha value is -1.48. The second-order valence-corrected chi connectivity index (χ2v) is 3.31. The van der Waals surface area contributed by atoms with Crippen molar-refractivity contribution < 1.29 is 0 Å². The quantitative estimate of drug-likeness (QED) is 0.596. The molecule has 66 valence electrons. The lowest BCUT2D eigenvalue weighted by Gasteiger charge is -2.10. The molecule has 0 aliphatic heterocycles. The topological polar surface area (TPSA) is 0 Å². The largest absolute Gasteiger partial charge is 0.115 e. The number of benzene rings is 1. The van der Waals surface area contributed by atoms with Gasteiger partial charge in [-0.2, -0.15) is 0 Å². The summed E-state index contributed by atoms with van der Waals surface area (Å²) in [6.07, 6.45) is 7.27. The summed E-state index contributed by atoms with van der Waals surface area (Å²) in [4.78, 5) is 0. The Kier molecular flexibility index (Phi) is 2.93. The van der Waals surface area contributed by atoms with Crippen LogP contribution < -0.4 is 0 Å². The minimum atomic E-state index is 0.464. The first-order chi connectivity index (χ1) is 6.20. The molecule has 0 saturated heterocycles. The van der Waals surface area contributed by atoms with E-state index >= 15 is 0 Å². The van der Waals surface area contributed by atoms with E-state index in [1.54, 1.807) is 6.08 Å². The van der Waals surface area contributed by atoms with Crippen LogP contribution in [0.2, 0.25) is 0 Å². The molecule has 0 heterocycles. The van der Waals surface area contributed by atoms with Gasteiger partial charge in [-0.25, -0.2) is 0 Å². The molecule has 0 unspecified atom stereocenters. The predicted octanol–water partition coefficient (Wildman–Crippen LogP) is 3.43. The van der Waals surface area contributed by atoms with Gasteiger partial charge in [-0.05, 0) is 17.0 Å². The summed E-state index contributed by atoms with van der Waals surface area (Å²) in [6, 6.07) is 6.09. The molecule has 0 atom stereocenters. The smallest absolute Gasteiger partial charge is 0.0349 e. The van der Waals surface area contributed by atoms with Gasteiger partial charge in [0.2, 0.25) is 0 Å². The number of rotatable bonds is 2. The third-order valence-electron chi connectivity index (χ3n) is 2.12. The van der Waals surface area contributed by atoms with Crippen LogP contribution >= 0.6 is 0 Å². The molecule has 0 aliphatic rings. The molecule has 13 heavy (non-hydrogen) atoms. The van der Waals surface area contributed by atoms with Crippen LogP contribution in [-0.2, 0) is 0 Å². The fourth-order valence-corrected chi connectivity index (χ4v) is 1.41. The summed E-state index contributed by atoms with van der Waals surface area (Å²) in [7, 11) is 0. The van der Waals surface area contributed by atoms with Crippen molar-refractivity contribution in [3.8, 4) is 12.3 Å². The highest BCUT2D eigenvalue weighted by Gasteiger charge is 2.06. The van der Waals surface area contributed by atoms with Crippen LogP contribution in [0.25, 0.3) is 6.08 Å². The second-order valence-electron chi connectivity index (χ2n) is 3.31. The van der Waals surface area contributed by atoms with Gasteiger partial charge in [-0.15, -0.1) is 6.42 Å². The summed E-state index contributed by atoms with van der Waals surface area (Å²) >= 11 is 0. The molecule has 0 aromatic heterocycles. The van der Waals surface area contributed by atoms with E-state index in [-0.39, 0.29) is 0 Å². The predicted molar refractivity (Wildman–Crippen MR) is 58.6 cm³/mol. The van der Waals surface area contributed by atoms with Gasteiger partial charge in [-0.1, -0.05) is 50.6 Å².